The number of rotatable bonds is 6. The molecule has 0 aliphatic rings. The molecule has 3 N–H and O–H groups in total. The third kappa shape index (κ3) is 3.92. The number of carbonyl (C=O) groups excluding carboxylic acids is 1. The van der Waals surface area contributed by atoms with E-state index in [1.165, 1.54) is 0 Å². The van der Waals surface area contributed by atoms with Crippen LogP contribution < -0.4 is 15.8 Å². The number of pyridine rings is 1. The maximum atomic E-state index is 12.2. The Morgan fingerprint density at radius 1 is 1.43 bits per heavy atom. The van der Waals surface area contributed by atoms with E-state index in [-0.39, 0.29) is 18.4 Å². The molecule has 1 aromatic carbocycles. The second-order valence-corrected chi connectivity index (χ2v) is 6.47. The van der Waals surface area contributed by atoms with Gasteiger partial charge in [-0.3, -0.25) is 9.78 Å². The van der Waals surface area contributed by atoms with Gasteiger partial charge in [-0.05, 0) is 37.1 Å². The molecule has 2 rings (SSSR count). The number of hydrogen-bond donors (Lipinski definition) is 2. The van der Waals surface area contributed by atoms with Gasteiger partial charge in [-0.25, -0.2) is 0 Å². The van der Waals surface area contributed by atoms with Crippen molar-refractivity contribution in [1.29, 1.82) is 0 Å². The van der Waals surface area contributed by atoms with E-state index in [9.17, 15) is 4.79 Å². The molecular weight excluding hydrogens is 314 g/mol. The number of aromatic nitrogens is 1. The predicted molar refractivity (Wildman–Crippen MR) is 92.7 cm³/mol. The van der Waals surface area contributed by atoms with Gasteiger partial charge < -0.3 is 15.8 Å². The highest BCUT2D eigenvalue weighted by Gasteiger charge is 2.28. The lowest BCUT2D eigenvalue weighted by atomic mass is 9.88. The molecule has 2 aromatic rings. The normalized spacial score (nSPS) is 13.8. The average Bonchev–Trinajstić information content (AvgIpc) is 2.54. The van der Waals surface area contributed by atoms with Crippen LogP contribution in [0.25, 0.3) is 10.9 Å². The quantitative estimate of drug-likeness (QED) is 0.851. The second kappa shape index (κ2) is 7.15. The molecule has 23 heavy (non-hydrogen) atoms. The first kappa shape index (κ1) is 17.5. The minimum Gasteiger partial charge on any atom is -0.481 e. The lowest BCUT2D eigenvalue weighted by molar-refractivity contribution is -0.125. The number of amides is 1. The van der Waals surface area contributed by atoms with E-state index in [1.54, 1.807) is 24.4 Å². The Labute approximate surface area is 141 Å². The molecule has 1 aromatic heterocycles. The van der Waals surface area contributed by atoms with Crippen molar-refractivity contribution in [2.45, 2.75) is 26.3 Å². The average molecular weight is 336 g/mol. The van der Waals surface area contributed by atoms with Crippen LogP contribution in [-0.4, -0.2) is 29.6 Å². The van der Waals surface area contributed by atoms with Crippen LogP contribution in [0.15, 0.2) is 30.5 Å². The number of nitrogens with two attached hydrogens (primary N) is 1. The first-order chi connectivity index (χ1) is 10.9. The van der Waals surface area contributed by atoms with Crippen molar-refractivity contribution in [1.82, 2.24) is 10.3 Å². The van der Waals surface area contributed by atoms with Crippen LogP contribution in [-0.2, 0) is 4.79 Å². The number of fused-ring (bicyclic) bond motifs is 1. The number of ether oxygens (including phenoxy) is 1. The van der Waals surface area contributed by atoms with Crippen molar-refractivity contribution < 1.29 is 9.53 Å². The summed E-state index contributed by atoms with van der Waals surface area (Å²) in [5, 5.41) is 4.33. The van der Waals surface area contributed by atoms with Crippen molar-refractivity contribution in [3.8, 4) is 5.75 Å². The monoisotopic (exact) mass is 335 g/mol. The standard InChI is InChI=1S/C17H22ClN3O2/c1-11(2)17(3,10-19)21-15(22)9-23-14-7-6-13(18)12-5-4-8-20-16(12)14/h4-8,11H,9-10,19H2,1-3H3,(H,21,22). The molecule has 1 heterocycles. The molecule has 124 valence electrons. The van der Waals surface area contributed by atoms with Gasteiger partial charge >= 0.3 is 0 Å². The highest BCUT2D eigenvalue weighted by Crippen LogP contribution is 2.29. The van der Waals surface area contributed by atoms with Crippen molar-refractivity contribution in [3.05, 3.63) is 35.5 Å². The summed E-state index contributed by atoms with van der Waals surface area (Å²) in [6.07, 6.45) is 1.66. The predicted octanol–water partition coefficient (Wildman–Crippen LogP) is 2.76. The van der Waals surface area contributed by atoms with Gasteiger partial charge in [0.2, 0.25) is 0 Å². The van der Waals surface area contributed by atoms with E-state index in [4.69, 9.17) is 22.1 Å². The van der Waals surface area contributed by atoms with Gasteiger partial charge in [0, 0.05) is 18.1 Å². The van der Waals surface area contributed by atoms with Gasteiger partial charge in [0.1, 0.15) is 11.3 Å². The van der Waals surface area contributed by atoms with Crippen LogP contribution >= 0.6 is 11.6 Å². The molecule has 0 aliphatic carbocycles. The van der Waals surface area contributed by atoms with Crippen molar-refractivity contribution in [3.63, 3.8) is 0 Å². The molecule has 0 spiro atoms. The Hall–Kier alpha value is -1.85. The lowest BCUT2D eigenvalue weighted by Gasteiger charge is -2.33. The molecule has 0 bridgehead atoms. The van der Waals surface area contributed by atoms with Crippen LogP contribution in [0.4, 0.5) is 0 Å². The first-order valence-corrected chi connectivity index (χ1v) is 7.92. The minimum atomic E-state index is -0.458. The van der Waals surface area contributed by atoms with Crippen molar-refractivity contribution >= 4 is 28.4 Å². The molecule has 0 fully saturated rings. The molecule has 1 unspecified atom stereocenters. The van der Waals surface area contributed by atoms with Crippen LogP contribution in [0.3, 0.4) is 0 Å². The van der Waals surface area contributed by atoms with Gasteiger partial charge in [0.15, 0.2) is 6.61 Å². The van der Waals surface area contributed by atoms with Gasteiger partial charge in [0.25, 0.3) is 5.91 Å². The fourth-order valence-electron chi connectivity index (χ4n) is 2.16. The third-order valence-corrected chi connectivity index (χ3v) is 4.49. The van der Waals surface area contributed by atoms with E-state index >= 15 is 0 Å². The molecule has 0 radical (unpaired) electrons. The Morgan fingerprint density at radius 2 is 2.17 bits per heavy atom. The second-order valence-electron chi connectivity index (χ2n) is 6.06. The number of nitrogens with zero attached hydrogens (tertiary/aromatic N) is 1. The fourth-order valence-corrected chi connectivity index (χ4v) is 2.37. The summed E-state index contributed by atoms with van der Waals surface area (Å²) in [5.41, 5.74) is 5.95. The number of carbonyl (C=O) groups is 1. The Bertz CT molecular complexity index is 705. The summed E-state index contributed by atoms with van der Waals surface area (Å²) < 4.78 is 5.63. The van der Waals surface area contributed by atoms with Crippen LogP contribution in [0.2, 0.25) is 5.02 Å². The molecule has 6 heteroatoms. The Balaban J connectivity index is 2.10. The number of hydrogen-bond acceptors (Lipinski definition) is 4. The number of benzene rings is 1. The first-order valence-electron chi connectivity index (χ1n) is 7.54. The summed E-state index contributed by atoms with van der Waals surface area (Å²) in [7, 11) is 0. The maximum absolute atomic E-state index is 12.2. The third-order valence-electron chi connectivity index (χ3n) is 4.16. The van der Waals surface area contributed by atoms with Gasteiger partial charge in [-0.2, -0.15) is 0 Å². The molecule has 0 aliphatic heterocycles. The van der Waals surface area contributed by atoms with Crippen LogP contribution in [0.5, 0.6) is 5.75 Å². The Morgan fingerprint density at radius 3 is 2.83 bits per heavy atom. The minimum absolute atomic E-state index is 0.102. The van der Waals surface area contributed by atoms with Crippen molar-refractivity contribution in [2.75, 3.05) is 13.2 Å². The van der Waals surface area contributed by atoms with Gasteiger partial charge in [-0.1, -0.05) is 25.4 Å². The zero-order valence-electron chi connectivity index (χ0n) is 13.6. The van der Waals surface area contributed by atoms with Gasteiger partial charge in [0.05, 0.1) is 10.6 Å². The maximum Gasteiger partial charge on any atom is 0.258 e. The summed E-state index contributed by atoms with van der Waals surface area (Å²) >= 11 is 6.14. The lowest BCUT2D eigenvalue weighted by Crippen LogP contribution is -2.56. The SMILES string of the molecule is CC(C)C(C)(CN)NC(=O)COc1ccc(Cl)c2cccnc12. The summed E-state index contributed by atoms with van der Waals surface area (Å²) in [6.45, 7) is 6.22. The van der Waals surface area contributed by atoms with E-state index in [0.717, 1.165) is 5.39 Å². The highest BCUT2D eigenvalue weighted by atomic mass is 35.5. The van der Waals surface area contributed by atoms with Crippen LogP contribution in [0, 0.1) is 5.92 Å². The largest absolute Gasteiger partial charge is 0.481 e. The molecule has 5 nitrogen and oxygen atoms in total. The topological polar surface area (TPSA) is 77.2 Å². The van der Waals surface area contributed by atoms with Gasteiger partial charge in [-0.15, -0.1) is 0 Å². The van der Waals surface area contributed by atoms with E-state index in [1.807, 2.05) is 26.8 Å². The highest BCUT2D eigenvalue weighted by molar-refractivity contribution is 6.35. The smallest absolute Gasteiger partial charge is 0.258 e. The van der Waals surface area contributed by atoms with E-state index < -0.39 is 5.54 Å². The molecule has 1 atom stereocenters. The van der Waals surface area contributed by atoms with Crippen molar-refractivity contribution in [2.24, 2.45) is 11.7 Å². The number of halogens is 1. The number of nitrogens with one attached hydrogen (secondary N) is 1. The zero-order valence-corrected chi connectivity index (χ0v) is 14.4. The summed E-state index contributed by atoms with van der Waals surface area (Å²) in [6, 6.07) is 7.12. The molecule has 0 saturated carbocycles. The fraction of sp³-hybridized carbons (Fsp3) is 0.412. The van der Waals surface area contributed by atoms with E-state index in [0.29, 0.717) is 22.8 Å². The zero-order chi connectivity index (χ0) is 17.0. The summed E-state index contributed by atoms with van der Waals surface area (Å²) in [5.74, 6) is 0.527. The Kier molecular flexibility index (Phi) is 5.44. The molecule has 1 amide bonds. The summed E-state index contributed by atoms with van der Waals surface area (Å²) in [4.78, 5) is 16.4. The molecular formula is C17H22ClN3O2. The van der Waals surface area contributed by atoms with Crippen LogP contribution in [0.1, 0.15) is 20.8 Å². The van der Waals surface area contributed by atoms with E-state index in [2.05, 4.69) is 10.3 Å². The molecule has 0 saturated heterocycles.